The lowest BCUT2D eigenvalue weighted by molar-refractivity contribution is -0.384. The third kappa shape index (κ3) is 2.70. The maximum Gasteiger partial charge on any atom is 0.269 e. The van der Waals surface area contributed by atoms with E-state index in [0.717, 1.165) is 23.8 Å². The van der Waals surface area contributed by atoms with E-state index in [1.165, 1.54) is 19.3 Å². The highest BCUT2D eigenvalue weighted by Gasteiger charge is 2.64. The van der Waals surface area contributed by atoms with Crippen molar-refractivity contribution in [2.45, 2.75) is 65.6 Å². The Morgan fingerprint density at radius 3 is 2.54 bits per heavy atom. The van der Waals surface area contributed by atoms with Crippen molar-refractivity contribution in [3.05, 3.63) is 51.1 Å². The molecule has 0 N–H and O–H groups in total. The van der Waals surface area contributed by atoms with E-state index in [0.29, 0.717) is 17.9 Å². The number of nitro benzene ring substituents is 1. The second-order valence-corrected chi connectivity index (χ2v) is 9.30. The zero-order valence-electron chi connectivity index (χ0n) is 16.2. The molecule has 2 fully saturated rings. The molecule has 0 amide bonds. The van der Waals surface area contributed by atoms with Gasteiger partial charge in [-0.25, -0.2) is 0 Å². The molecule has 3 aliphatic rings. The molecule has 1 aromatic rings. The Hall–Kier alpha value is -1.68. The van der Waals surface area contributed by atoms with E-state index in [2.05, 4.69) is 27.7 Å². The summed E-state index contributed by atoms with van der Waals surface area (Å²) >= 11 is 0. The molecular weight excluding hydrogens is 326 g/mol. The predicted molar refractivity (Wildman–Crippen MR) is 102 cm³/mol. The Balaban J connectivity index is 1.52. The van der Waals surface area contributed by atoms with Gasteiger partial charge in [0, 0.05) is 18.1 Å². The quantitative estimate of drug-likeness (QED) is 0.398. The topological polar surface area (TPSA) is 52.4 Å². The lowest BCUT2D eigenvalue weighted by Gasteiger charge is -2.37. The third-order valence-corrected chi connectivity index (χ3v) is 7.47. The first-order valence-electron chi connectivity index (χ1n) is 9.81. The first-order chi connectivity index (χ1) is 12.2. The van der Waals surface area contributed by atoms with E-state index < -0.39 is 0 Å². The van der Waals surface area contributed by atoms with Crippen LogP contribution in [-0.2, 0) is 11.3 Å². The van der Waals surface area contributed by atoms with Crippen LogP contribution in [0.25, 0.3) is 0 Å². The van der Waals surface area contributed by atoms with Gasteiger partial charge in [-0.3, -0.25) is 10.1 Å². The number of nitrogens with zero attached hydrogens (tertiary/aromatic N) is 1. The fourth-order valence-electron chi connectivity index (χ4n) is 5.73. The summed E-state index contributed by atoms with van der Waals surface area (Å²) in [4.78, 5) is 10.5. The molecule has 4 atom stereocenters. The van der Waals surface area contributed by atoms with Crippen LogP contribution in [0.3, 0.4) is 0 Å². The van der Waals surface area contributed by atoms with Crippen molar-refractivity contribution in [2.24, 2.45) is 23.2 Å². The predicted octanol–water partition coefficient (Wildman–Crippen LogP) is 5.66. The minimum atomic E-state index is -0.357. The van der Waals surface area contributed by atoms with Gasteiger partial charge >= 0.3 is 0 Å². The van der Waals surface area contributed by atoms with Crippen LogP contribution in [0.4, 0.5) is 5.69 Å². The standard InChI is InChI=1S/C22H29NO3/c1-14-5-10-17-19(14)20-18(21(20,2)3)11-12-22(17,4)26-13-15-6-8-16(9-7-15)23(24)25/h6-9,17-18,20H,5,10-13H2,1-4H3/t17-,18+,20-,22-/m1/s1. The van der Waals surface area contributed by atoms with Crippen LogP contribution < -0.4 is 0 Å². The molecule has 0 spiro atoms. The minimum absolute atomic E-state index is 0.127. The summed E-state index contributed by atoms with van der Waals surface area (Å²) in [6.45, 7) is 10.00. The number of allylic oxidation sites excluding steroid dienone is 1. The molecule has 4 rings (SSSR count). The number of nitro groups is 1. The van der Waals surface area contributed by atoms with Crippen LogP contribution in [0.5, 0.6) is 0 Å². The van der Waals surface area contributed by atoms with E-state index in [-0.39, 0.29) is 16.2 Å². The summed E-state index contributed by atoms with van der Waals surface area (Å²) in [6, 6.07) is 6.76. The summed E-state index contributed by atoms with van der Waals surface area (Å²) in [5.74, 6) is 2.08. The first-order valence-corrected chi connectivity index (χ1v) is 9.81. The number of benzene rings is 1. The minimum Gasteiger partial charge on any atom is -0.370 e. The van der Waals surface area contributed by atoms with Crippen molar-refractivity contribution < 1.29 is 9.66 Å². The second kappa shape index (κ2) is 5.91. The van der Waals surface area contributed by atoms with Crippen LogP contribution in [0.2, 0.25) is 0 Å². The van der Waals surface area contributed by atoms with Crippen molar-refractivity contribution in [1.29, 1.82) is 0 Å². The Bertz CT molecular complexity index is 764. The van der Waals surface area contributed by atoms with E-state index in [9.17, 15) is 10.1 Å². The number of fused-ring (bicyclic) bond motifs is 3. The van der Waals surface area contributed by atoms with Gasteiger partial charge in [0.25, 0.3) is 5.69 Å². The normalized spacial score (nSPS) is 34.8. The van der Waals surface area contributed by atoms with Crippen LogP contribution in [-0.4, -0.2) is 10.5 Å². The van der Waals surface area contributed by atoms with E-state index in [1.54, 1.807) is 23.3 Å². The Morgan fingerprint density at radius 2 is 1.88 bits per heavy atom. The molecule has 0 saturated heterocycles. The van der Waals surface area contributed by atoms with Gasteiger partial charge in [0.1, 0.15) is 0 Å². The molecule has 4 nitrogen and oxygen atoms in total. The van der Waals surface area contributed by atoms with Crippen molar-refractivity contribution >= 4 is 5.69 Å². The zero-order valence-corrected chi connectivity index (χ0v) is 16.2. The number of hydrogen-bond acceptors (Lipinski definition) is 3. The Kier molecular flexibility index (Phi) is 4.03. The fraction of sp³-hybridized carbons (Fsp3) is 0.636. The maximum absolute atomic E-state index is 10.8. The van der Waals surface area contributed by atoms with E-state index >= 15 is 0 Å². The van der Waals surface area contributed by atoms with Gasteiger partial charge in [-0.2, -0.15) is 0 Å². The van der Waals surface area contributed by atoms with Gasteiger partial charge in [-0.15, -0.1) is 0 Å². The fourth-order valence-corrected chi connectivity index (χ4v) is 5.73. The molecule has 140 valence electrons. The summed E-state index contributed by atoms with van der Waals surface area (Å²) < 4.78 is 6.53. The van der Waals surface area contributed by atoms with Crippen LogP contribution in [0.1, 0.15) is 58.9 Å². The zero-order chi connectivity index (χ0) is 18.7. The molecule has 26 heavy (non-hydrogen) atoms. The second-order valence-electron chi connectivity index (χ2n) is 9.30. The van der Waals surface area contributed by atoms with E-state index in [4.69, 9.17) is 4.74 Å². The number of rotatable bonds is 4. The summed E-state index contributed by atoms with van der Waals surface area (Å²) in [7, 11) is 0. The summed E-state index contributed by atoms with van der Waals surface area (Å²) in [5.41, 5.74) is 4.77. The largest absolute Gasteiger partial charge is 0.370 e. The number of ether oxygens (including phenoxy) is 1. The Morgan fingerprint density at radius 1 is 1.19 bits per heavy atom. The summed E-state index contributed by atoms with van der Waals surface area (Å²) in [5, 5.41) is 10.8. The highest BCUT2D eigenvalue weighted by atomic mass is 16.6. The molecular formula is C22H29NO3. The average molecular weight is 355 g/mol. The SMILES string of the molecule is CC1=C2[C@@H](CC1)[C@](C)(OCc1ccc([N+](=O)[O-])cc1)CC[C@H]1[C@H]2C1(C)C. The van der Waals surface area contributed by atoms with E-state index in [1.807, 2.05) is 12.1 Å². The molecule has 4 heteroatoms. The highest BCUT2D eigenvalue weighted by Crippen LogP contribution is 2.70. The third-order valence-electron chi connectivity index (χ3n) is 7.47. The lowest BCUT2D eigenvalue weighted by Crippen LogP contribution is -2.38. The van der Waals surface area contributed by atoms with Crippen molar-refractivity contribution in [2.75, 3.05) is 0 Å². The van der Waals surface area contributed by atoms with Gasteiger partial charge in [0.15, 0.2) is 0 Å². The van der Waals surface area contributed by atoms with Crippen molar-refractivity contribution in [3.8, 4) is 0 Å². The molecule has 3 aliphatic carbocycles. The maximum atomic E-state index is 10.8. The molecule has 0 heterocycles. The van der Waals surface area contributed by atoms with Crippen LogP contribution in [0, 0.1) is 33.3 Å². The summed E-state index contributed by atoms with van der Waals surface area (Å²) in [6.07, 6.45) is 4.75. The van der Waals surface area contributed by atoms with Gasteiger partial charge in [-0.1, -0.05) is 25.0 Å². The molecule has 0 unspecified atom stereocenters. The van der Waals surface area contributed by atoms with Gasteiger partial charge < -0.3 is 4.74 Å². The Labute approximate surface area is 155 Å². The van der Waals surface area contributed by atoms with Crippen LogP contribution >= 0.6 is 0 Å². The monoisotopic (exact) mass is 355 g/mol. The van der Waals surface area contributed by atoms with Gasteiger partial charge in [0.2, 0.25) is 0 Å². The lowest BCUT2D eigenvalue weighted by atomic mass is 9.78. The van der Waals surface area contributed by atoms with Crippen molar-refractivity contribution in [1.82, 2.24) is 0 Å². The first kappa shape index (κ1) is 17.7. The molecule has 2 saturated carbocycles. The van der Waals surface area contributed by atoms with Gasteiger partial charge in [-0.05, 0) is 74.5 Å². The number of hydrogen-bond donors (Lipinski definition) is 0. The molecule has 0 radical (unpaired) electrons. The number of non-ortho nitro benzene ring substituents is 1. The molecule has 0 bridgehead atoms. The highest BCUT2D eigenvalue weighted by molar-refractivity contribution is 5.37. The van der Waals surface area contributed by atoms with Crippen LogP contribution in [0.15, 0.2) is 35.4 Å². The average Bonchev–Trinajstić information content (AvgIpc) is 2.98. The molecule has 0 aliphatic heterocycles. The van der Waals surface area contributed by atoms with Crippen molar-refractivity contribution in [3.63, 3.8) is 0 Å². The van der Waals surface area contributed by atoms with Gasteiger partial charge in [0.05, 0.1) is 17.1 Å². The smallest absolute Gasteiger partial charge is 0.269 e. The molecule has 0 aromatic heterocycles. The molecule has 1 aromatic carbocycles.